The quantitative estimate of drug-likeness (QED) is 0.658. The van der Waals surface area contributed by atoms with Gasteiger partial charge in [0.2, 0.25) is 11.8 Å². The molecule has 1 aromatic carbocycles. The van der Waals surface area contributed by atoms with Crippen LogP contribution in [0.2, 0.25) is 0 Å². The minimum Gasteiger partial charge on any atom is -0.368 e. The average Bonchev–Trinajstić information content (AvgIpc) is 2.44. The van der Waals surface area contributed by atoms with Gasteiger partial charge in [-0.3, -0.25) is 14.6 Å². The average molecular weight is 287 g/mol. The molecule has 2 aromatic rings. The minimum atomic E-state index is -0.555. The second-order valence-corrected chi connectivity index (χ2v) is 4.64. The first-order valence-corrected chi connectivity index (χ1v) is 6.41. The fourth-order valence-electron chi connectivity index (χ4n) is 2.28. The van der Waals surface area contributed by atoms with Gasteiger partial charge >= 0.3 is 0 Å². The highest BCUT2D eigenvalue weighted by Gasteiger charge is 2.18. The van der Waals surface area contributed by atoms with E-state index < -0.39 is 11.8 Å². The van der Waals surface area contributed by atoms with E-state index in [1.54, 1.807) is 6.20 Å². The van der Waals surface area contributed by atoms with Crippen LogP contribution in [0.3, 0.4) is 0 Å². The Labute approximate surface area is 121 Å². The molecule has 1 heterocycles. The van der Waals surface area contributed by atoms with E-state index in [0.29, 0.717) is 5.69 Å². The summed E-state index contributed by atoms with van der Waals surface area (Å²) in [4.78, 5) is 28.4. The normalized spacial score (nSPS) is 10.5. The Morgan fingerprint density at radius 1 is 1.10 bits per heavy atom. The number of carbonyl (C=O) groups is 2. The molecule has 0 aliphatic heterocycles. The molecule has 0 aliphatic carbocycles. The molecule has 2 rings (SSSR count). The lowest BCUT2D eigenvalue weighted by Gasteiger charge is -2.25. The molecule has 0 aliphatic rings. The van der Waals surface area contributed by atoms with E-state index in [2.05, 4.69) is 4.98 Å². The van der Waals surface area contributed by atoms with Crippen molar-refractivity contribution in [2.45, 2.75) is 6.54 Å². The second kappa shape index (κ2) is 6.19. The molecule has 7 nitrogen and oxygen atoms in total. The van der Waals surface area contributed by atoms with E-state index in [9.17, 15) is 9.59 Å². The van der Waals surface area contributed by atoms with Gasteiger partial charge in [0.1, 0.15) is 0 Å². The smallest absolute Gasteiger partial charge is 0.236 e. The van der Waals surface area contributed by atoms with Crippen molar-refractivity contribution in [2.75, 3.05) is 18.0 Å². The molecular formula is C14H17N5O2. The van der Waals surface area contributed by atoms with Crippen LogP contribution in [0.15, 0.2) is 30.5 Å². The van der Waals surface area contributed by atoms with Crippen LogP contribution in [-0.4, -0.2) is 29.9 Å². The maximum atomic E-state index is 11.3. The number of aromatic nitrogens is 1. The molecule has 0 atom stereocenters. The number of amides is 2. The largest absolute Gasteiger partial charge is 0.368 e. The number of hydrogen-bond acceptors (Lipinski definition) is 5. The summed E-state index contributed by atoms with van der Waals surface area (Å²) >= 11 is 0. The van der Waals surface area contributed by atoms with E-state index in [1.165, 1.54) is 4.90 Å². The Morgan fingerprint density at radius 2 is 1.71 bits per heavy atom. The monoisotopic (exact) mass is 287 g/mol. The van der Waals surface area contributed by atoms with Crippen LogP contribution in [0, 0.1) is 0 Å². The second-order valence-electron chi connectivity index (χ2n) is 4.64. The van der Waals surface area contributed by atoms with Crippen molar-refractivity contribution in [1.29, 1.82) is 0 Å². The molecule has 0 radical (unpaired) electrons. The molecule has 21 heavy (non-hydrogen) atoms. The van der Waals surface area contributed by atoms with E-state index in [-0.39, 0.29) is 19.6 Å². The molecule has 6 N–H and O–H groups in total. The molecule has 7 heteroatoms. The number of anilines is 1. The molecule has 0 saturated carbocycles. The van der Waals surface area contributed by atoms with E-state index >= 15 is 0 Å². The van der Waals surface area contributed by atoms with Crippen LogP contribution in [0.1, 0.15) is 5.56 Å². The maximum Gasteiger partial charge on any atom is 0.236 e. The van der Waals surface area contributed by atoms with Crippen molar-refractivity contribution in [3.8, 4) is 0 Å². The third-order valence-corrected chi connectivity index (χ3v) is 3.05. The van der Waals surface area contributed by atoms with Gasteiger partial charge in [-0.05, 0) is 6.07 Å². The number of nitrogens with two attached hydrogens (primary N) is 3. The number of pyridine rings is 1. The molecule has 0 fully saturated rings. The maximum absolute atomic E-state index is 11.3. The van der Waals surface area contributed by atoms with Gasteiger partial charge in [0.15, 0.2) is 0 Å². The van der Waals surface area contributed by atoms with Crippen LogP contribution in [-0.2, 0) is 16.1 Å². The summed E-state index contributed by atoms with van der Waals surface area (Å²) < 4.78 is 0. The van der Waals surface area contributed by atoms with Gasteiger partial charge in [-0.2, -0.15) is 0 Å². The summed E-state index contributed by atoms with van der Waals surface area (Å²) in [5, 5.41) is 0.794. The zero-order chi connectivity index (χ0) is 15.4. The van der Waals surface area contributed by atoms with Crippen molar-refractivity contribution in [3.05, 3.63) is 36.0 Å². The number of para-hydroxylation sites is 1. The molecule has 0 spiro atoms. The lowest BCUT2D eigenvalue weighted by molar-refractivity contribution is -0.117. The van der Waals surface area contributed by atoms with E-state index in [4.69, 9.17) is 17.2 Å². The fraction of sp³-hybridized carbons (Fsp3) is 0.214. The number of benzene rings is 1. The SMILES string of the molecule is NCc1cnc2ccccc2c1N(CC(N)=O)CC(N)=O. The van der Waals surface area contributed by atoms with Crippen LogP contribution in [0.25, 0.3) is 10.9 Å². The third kappa shape index (κ3) is 3.26. The highest BCUT2D eigenvalue weighted by Crippen LogP contribution is 2.29. The predicted octanol–water partition coefficient (Wildman–Crippen LogP) is -0.529. The summed E-state index contributed by atoms with van der Waals surface area (Å²) in [6.45, 7) is -0.0188. The third-order valence-electron chi connectivity index (χ3n) is 3.05. The first kappa shape index (κ1) is 14.7. The number of fused-ring (bicyclic) bond motifs is 1. The van der Waals surface area contributed by atoms with Crippen LogP contribution in [0.4, 0.5) is 5.69 Å². The lowest BCUT2D eigenvalue weighted by Crippen LogP contribution is -2.40. The van der Waals surface area contributed by atoms with Gasteiger partial charge < -0.3 is 22.1 Å². The van der Waals surface area contributed by atoms with Gasteiger partial charge in [0.25, 0.3) is 0 Å². The fourth-order valence-corrected chi connectivity index (χ4v) is 2.28. The zero-order valence-corrected chi connectivity index (χ0v) is 11.5. The summed E-state index contributed by atoms with van der Waals surface area (Å²) in [5.74, 6) is -1.11. The predicted molar refractivity (Wildman–Crippen MR) is 80.2 cm³/mol. The molecule has 1 aromatic heterocycles. The lowest BCUT2D eigenvalue weighted by atomic mass is 10.1. The Balaban J connectivity index is 2.63. The first-order chi connectivity index (χ1) is 10.0. The highest BCUT2D eigenvalue weighted by molar-refractivity contribution is 5.96. The summed E-state index contributed by atoms with van der Waals surface area (Å²) in [5.41, 5.74) is 18.4. The topological polar surface area (TPSA) is 128 Å². The Bertz CT molecular complexity index is 670. The number of nitrogens with zero attached hydrogens (tertiary/aromatic N) is 2. The van der Waals surface area contributed by atoms with Gasteiger partial charge in [0, 0.05) is 23.7 Å². The van der Waals surface area contributed by atoms with E-state index in [1.807, 2.05) is 24.3 Å². The van der Waals surface area contributed by atoms with Crippen LogP contribution < -0.4 is 22.1 Å². The minimum absolute atomic E-state index is 0.121. The molecule has 0 saturated heterocycles. The van der Waals surface area contributed by atoms with Crippen molar-refractivity contribution < 1.29 is 9.59 Å². The van der Waals surface area contributed by atoms with Crippen LogP contribution >= 0.6 is 0 Å². The molecule has 2 amide bonds. The van der Waals surface area contributed by atoms with Crippen molar-refractivity contribution in [3.63, 3.8) is 0 Å². The molecule has 0 unspecified atom stereocenters. The molecule has 0 bridgehead atoms. The Morgan fingerprint density at radius 3 is 2.29 bits per heavy atom. The number of carbonyl (C=O) groups excluding carboxylic acids is 2. The van der Waals surface area contributed by atoms with Crippen molar-refractivity contribution in [2.24, 2.45) is 17.2 Å². The summed E-state index contributed by atoms with van der Waals surface area (Å²) in [6.07, 6.45) is 1.63. The highest BCUT2D eigenvalue weighted by atomic mass is 16.2. The van der Waals surface area contributed by atoms with E-state index in [0.717, 1.165) is 16.5 Å². The Kier molecular flexibility index (Phi) is 4.34. The van der Waals surface area contributed by atoms with Gasteiger partial charge in [-0.1, -0.05) is 18.2 Å². The van der Waals surface area contributed by atoms with Crippen LogP contribution in [0.5, 0.6) is 0 Å². The summed E-state index contributed by atoms with van der Waals surface area (Å²) in [6, 6.07) is 7.39. The van der Waals surface area contributed by atoms with Gasteiger partial charge in [-0.15, -0.1) is 0 Å². The summed E-state index contributed by atoms with van der Waals surface area (Å²) in [7, 11) is 0. The number of primary amides is 2. The number of hydrogen-bond donors (Lipinski definition) is 3. The standard InChI is InChI=1S/C14H17N5O2/c15-5-9-6-18-11-4-2-1-3-10(11)14(9)19(7-12(16)20)8-13(17)21/h1-4,6H,5,7-8,15H2,(H2,16,20)(H2,17,21). The first-order valence-electron chi connectivity index (χ1n) is 6.41. The van der Waals surface area contributed by atoms with Gasteiger partial charge in [-0.25, -0.2) is 0 Å². The molecule has 110 valence electrons. The Hall–Kier alpha value is -2.67. The van der Waals surface area contributed by atoms with Crippen molar-refractivity contribution >= 4 is 28.4 Å². The molecular weight excluding hydrogens is 270 g/mol. The van der Waals surface area contributed by atoms with Gasteiger partial charge in [0.05, 0.1) is 24.3 Å². The number of rotatable bonds is 6. The van der Waals surface area contributed by atoms with Crippen molar-refractivity contribution in [1.82, 2.24) is 4.98 Å². The zero-order valence-electron chi connectivity index (χ0n) is 11.5.